The van der Waals surface area contributed by atoms with Crippen LogP contribution in [-0.2, 0) is 16.0 Å². The molecule has 1 aromatic rings. The average Bonchev–Trinajstić information content (AvgIpc) is 2.69. The van der Waals surface area contributed by atoms with Crippen LogP contribution in [0, 0.1) is 23.7 Å². The minimum Gasteiger partial charge on any atom is -0.481 e. The topological polar surface area (TPSA) is 66.4 Å². The summed E-state index contributed by atoms with van der Waals surface area (Å²) < 4.78 is 40.5. The summed E-state index contributed by atoms with van der Waals surface area (Å²) in [6, 6.07) is 4.64. The highest BCUT2D eigenvalue weighted by molar-refractivity contribution is 6.33. The number of benzene rings is 1. The fourth-order valence-electron chi connectivity index (χ4n) is 3.58. The van der Waals surface area contributed by atoms with Crippen LogP contribution in [-0.4, -0.2) is 23.2 Å². The van der Waals surface area contributed by atoms with Gasteiger partial charge in [-0.15, -0.1) is 0 Å². The molecule has 0 saturated carbocycles. The quantitative estimate of drug-likeness (QED) is 0.452. The fraction of sp³-hybridized carbons (Fsp3) is 0.455. The molecular formula is C22H24Cl2F3NO3. The smallest absolute Gasteiger partial charge is 0.392 e. The number of anilines is 1. The maximum absolute atomic E-state index is 13.5. The summed E-state index contributed by atoms with van der Waals surface area (Å²) in [7, 11) is 0. The van der Waals surface area contributed by atoms with Crippen molar-refractivity contribution >= 4 is 40.8 Å². The van der Waals surface area contributed by atoms with E-state index in [1.54, 1.807) is 19.1 Å². The predicted molar refractivity (Wildman–Crippen MR) is 115 cm³/mol. The number of carboxylic acid groups (broad SMARTS) is 1. The molecule has 0 spiro atoms. The molecule has 4 nitrogen and oxygen atoms in total. The molecule has 0 bridgehead atoms. The van der Waals surface area contributed by atoms with Gasteiger partial charge in [0, 0.05) is 5.03 Å². The van der Waals surface area contributed by atoms with E-state index in [1.807, 2.05) is 0 Å². The molecule has 31 heavy (non-hydrogen) atoms. The maximum Gasteiger partial charge on any atom is 0.392 e. The summed E-state index contributed by atoms with van der Waals surface area (Å²) >= 11 is 12.0. The Morgan fingerprint density at radius 2 is 1.97 bits per heavy atom. The van der Waals surface area contributed by atoms with Gasteiger partial charge in [-0.25, -0.2) is 0 Å². The van der Waals surface area contributed by atoms with Crippen LogP contribution in [0.2, 0.25) is 5.02 Å². The van der Waals surface area contributed by atoms with Gasteiger partial charge in [-0.3, -0.25) is 9.59 Å². The van der Waals surface area contributed by atoms with Crippen LogP contribution in [0.15, 0.2) is 41.5 Å². The molecule has 0 fully saturated rings. The van der Waals surface area contributed by atoms with E-state index in [-0.39, 0.29) is 23.6 Å². The average molecular weight is 478 g/mol. The lowest BCUT2D eigenvalue weighted by Crippen LogP contribution is -2.40. The summed E-state index contributed by atoms with van der Waals surface area (Å²) in [4.78, 5) is 24.3. The monoisotopic (exact) mass is 477 g/mol. The van der Waals surface area contributed by atoms with Crippen molar-refractivity contribution in [1.82, 2.24) is 0 Å². The Morgan fingerprint density at radius 1 is 1.29 bits per heavy atom. The Bertz CT molecular complexity index is 883. The number of hydrogen-bond acceptors (Lipinski definition) is 2. The first kappa shape index (κ1) is 25.3. The van der Waals surface area contributed by atoms with Gasteiger partial charge in [0.15, 0.2) is 0 Å². The number of carboxylic acids is 1. The Hall–Kier alpha value is -1.99. The van der Waals surface area contributed by atoms with E-state index >= 15 is 0 Å². The zero-order valence-corrected chi connectivity index (χ0v) is 18.6. The normalized spacial score (nSPS) is 19.3. The highest BCUT2D eigenvalue weighted by atomic mass is 35.5. The molecule has 1 aliphatic rings. The molecule has 4 atom stereocenters. The van der Waals surface area contributed by atoms with Gasteiger partial charge in [0.05, 0.1) is 28.5 Å². The number of aliphatic carboxylic acids is 1. The van der Waals surface area contributed by atoms with Crippen molar-refractivity contribution in [3.63, 3.8) is 0 Å². The Morgan fingerprint density at radius 3 is 2.48 bits per heavy atom. The zero-order valence-electron chi connectivity index (χ0n) is 17.0. The summed E-state index contributed by atoms with van der Waals surface area (Å²) in [5, 5.41) is 12.3. The molecule has 0 aliphatic heterocycles. The van der Waals surface area contributed by atoms with Crippen LogP contribution in [0.4, 0.5) is 18.9 Å². The summed E-state index contributed by atoms with van der Waals surface area (Å²) in [5.41, 5.74) is 0.763. The molecule has 2 N–H and O–H groups in total. The van der Waals surface area contributed by atoms with Gasteiger partial charge in [0.1, 0.15) is 0 Å². The molecule has 9 heteroatoms. The van der Waals surface area contributed by atoms with Crippen molar-refractivity contribution in [2.75, 3.05) is 5.32 Å². The number of amides is 1. The van der Waals surface area contributed by atoms with Gasteiger partial charge >= 0.3 is 12.1 Å². The number of nitrogens with one attached hydrogen (secondary N) is 1. The zero-order chi connectivity index (χ0) is 23.3. The number of carbonyl (C=O) groups excluding carboxylic acids is 1. The number of halogens is 5. The second-order valence-corrected chi connectivity index (χ2v) is 8.50. The van der Waals surface area contributed by atoms with E-state index in [0.717, 1.165) is 6.92 Å². The molecular weight excluding hydrogens is 454 g/mol. The van der Waals surface area contributed by atoms with Crippen molar-refractivity contribution in [2.24, 2.45) is 23.7 Å². The van der Waals surface area contributed by atoms with Gasteiger partial charge in [-0.2, -0.15) is 13.2 Å². The van der Waals surface area contributed by atoms with Crippen molar-refractivity contribution in [1.29, 1.82) is 0 Å². The molecule has 0 saturated heterocycles. The predicted octanol–water partition coefficient (Wildman–Crippen LogP) is 6.45. The first-order chi connectivity index (χ1) is 14.4. The van der Waals surface area contributed by atoms with Crippen LogP contribution >= 0.6 is 23.2 Å². The van der Waals surface area contributed by atoms with Crippen molar-refractivity contribution in [3.8, 4) is 0 Å². The highest BCUT2D eigenvalue weighted by Gasteiger charge is 2.46. The van der Waals surface area contributed by atoms with Crippen LogP contribution in [0.1, 0.15) is 32.3 Å². The molecule has 1 aliphatic carbocycles. The molecule has 1 amide bonds. The Balaban J connectivity index is 2.29. The standard InChI is InChI=1S/C22H24Cl2F3NO3/c1-3-14(21(30)31)10-13-4-9-17(24)18(11-13)28-20(29)19(12(2)22(25,26)27)15-5-7-16(23)8-6-15/h4-5,7-9,11-12,14-15,19H,3,6,10H2,1-2H3,(H,28,29)(H,30,31)/t12-,14?,15?,19+/m1/s1. The van der Waals surface area contributed by atoms with Crippen molar-refractivity contribution in [3.05, 3.63) is 52.0 Å². The lowest BCUT2D eigenvalue weighted by atomic mass is 9.78. The van der Waals surface area contributed by atoms with Crippen LogP contribution in [0.5, 0.6) is 0 Å². The van der Waals surface area contributed by atoms with Crippen LogP contribution in [0.3, 0.4) is 0 Å². The first-order valence-electron chi connectivity index (χ1n) is 9.86. The van der Waals surface area contributed by atoms with Crippen LogP contribution < -0.4 is 5.32 Å². The molecule has 0 radical (unpaired) electrons. The third-order valence-electron chi connectivity index (χ3n) is 5.52. The molecule has 170 valence electrons. The molecule has 0 aromatic heterocycles. The van der Waals surface area contributed by atoms with E-state index in [2.05, 4.69) is 5.32 Å². The second-order valence-electron chi connectivity index (χ2n) is 7.65. The number of rotatable bonds is 8. The lowest BCUT2D eigenvalue weighted by molar-refractivity contribution is -0.188. The minimum absolute atomic E-state index is 0.150. The SMILES string of the molecule is CCC(Cc1ccc(Cl)c(NC(=O)[C@H](C2C=CC(Cl)=CC2)[C@@H](C)C(F)(F)F)c1)C(=O)O. The summed E-state index contributed by atoms with van der Waals surface area (Å²) in [6.07, 6.45) is 0.855. The lowest BCUT2D eigenvalue weighted by Gasteiger charge is -2.31. The number of alkyl halides is 3. The van der Waals surface area contributed by atoms with Gasteiger partial charge in [0.25, 0.3) is 0 Å². The Labute approximate surface area is 189 Å². The molecule has 2 rings (SSSR count). The molecule has 0 heterocycles. The van der Waals surface area contributed by atoms with Gasteiger partial charge in [0.2, 0.25) is 5.91 Å². The van der Waals surface area contributed by atoms with E-state index in [9.17, 15) is 27.9 Å². The summed E-state index contributed by atoms with van der Waals surface area (Å²) in [6.45, 7) is 2.73. The third kappa shape index (κ3) is 6.74. The van der Waals surface area contributed by atoms with E-state index in [4.69, 9.17) is 23.2 Å². The van der Waals surface area contributed by atoms with E-state index in [0.29, 0.717) is 17.0 Å². The van der Waals surface area contributed by atoms with Gasteiger partial charge < -0.3 is 10.4 Å². The number of carbonyl (C=O) groups is 2. The Kier molecular flexibility index (Phi) is 8.60. The van der Waals surface area contributed by atoms with Crippen LogP contribution in [0.25, 0.3) is 0 Å². The van der Waals surface area contributed by atoms with Gasteiger partial charge in [-0.05, 0) is 49.0 Å². The largest absolute Gasteiger partial charge is 0.481 e. The highest BCUT2D eigenvalue weighted by Crippen LogP contribution is 2.40. The third-order valence-corrected chi connectivity index (χ3v) is 6.13. The minimum atomic E-state index is -4.57. The second kappa shape index (κ2) is 10.6. The van der Waals surface area contributed by atoms with Gasteiger partial charge in [-0.1, -0.05) is 55.3 Å². The van der Waals surface area contributed by atoms with E-state index in [1.165, 1.54) is 24.3 Å². The number of hydrogen-bond donors (Lipinski definition) is 2. The first-order valence-corrected chi connectivity index (χ1v) is 10.6. The summed E-state index contributed by atoms with van der Waals surface area (Å²) in [5.74, 6) is -6.34. The fourth-order valence-corrected chi connectivity index (χ4v) is 3.90. The van der Waals surface area contributed by atoms with E-state index < -0.39 is 41.7 Å². The van der Waals surface area contributed by atoms with Crippen molar-refractivity contribution in [2.45, 2.75) is 39.3 Å². The number of allylic oxidation sites excluding steroid dienone is 4. The maximum atomic E-state index is 13.5. The molecule has 1 aromatic carbocycles. The van der Waals surface area contributed by atoms with Crippen molar-refractivity contribution < 1.29 is 27.9 Å². The molecule has 2 unspecified atom stereocenters.